The molecule has 122 valence electrons. The van der Waals surface area contributed by atoms with Crippen LogP contribution < -0.4 is 0 Å². The fourth-order valence-electron chi connectivity index (χ4n) is 6.86. The molecule has 0 N–H and O–H groups in total. The average Bonchev–Trinajstić information content (AvgIpc) is 2.79. The molecule has 4 aliphatic carbocycles. The molecule has 0 aromatic rings. The molecule has 0 radical (unpaired) electrons. The number of hydrogen-bond acceptors (Lipinski definition) is 2. The maximum atomic E-state index is 14.5. The van der Waals surface area contributed by atoms with Gasteiger partial charge in [0, 0.05) is 24.2 Å². The number of alkyl halides is 1. The molecule has 4 rings (SSSR count). The molecule has 22 heavy (non-hydrogen) atoms. The van der Waals surface area contributed by atoms with E-state index < -0.39 is 6.17 Å². The largest absolute Gasteiger partial charge is 0.299 e. The normalized spacial score (nSPS) is 54.6. The number of halogens is 1. The number of hydrogen-bond donors (Lipinski definition) is 0. The van der Waals surface area contributed by atoms with E-state index in [0.29, 0.717) is 30.0 Å². The van der Waals surface area contributed by atoms with Crippen LogP contribution in [0.15, 0.2) is 0 Å². The molecule has 0 spiro atoms. The van der Waals surface area contributed by atoms with Crippen molar-refractivity contribution in [3.63, 3.8) is 0 Å². The molecule has 0 aliphatic heterocycles. The Balaban J connectivity index is 1.67. The summed E-state index contributed by atoms with van der Waals surface area (Å²) in [6, 6.07) is 0. The third-order valence-corrected chi connectivity index (χ3v) is 8.22. The average molecular weight is 306 g/mol. The van der Waals surface area contributed by atoms with Crippen molar-refractivity contribution in [1.82, 2.24) is 0 Å². The van der Waals surface area contributed by atoms with Crippen LogP contribution in [0.5, 0.6) is 0 Å². The van der Waals surface area contributed by atoms with Gasteiger partial charge in [-0.15, -0.1) is 0 Å². The lowest BCUT2D eigenvalue weighted by atomic mass is 9.45. The molecule has 0 bridgehead atoms. The molecular formula is C19H27FO2. The Hall–Kier alpha value is -0.730. The van der Waals surface area contributed by atoms with Gasteiger partial charge in [-0.2, -0.15) is 0 Å². The lowest BCUT2D eigenvalue weighted by molar-refractivity contribution is -0.154. The van der Waals surface area contributed by atoms with Gasteiger partial charge in [0.25, 0.3) is 0 Å². The second-order valence-electron chi connectivity index (χ2n) is 8.85. The van der Waals surface area contributed by atoms with Crippen molar-refractivity contribution in [2.24, 2.45) is 34.5 Å². The first-order valence-electron chi connectivity index (χ1n) is 9.08. The first kappa shape index (κ1) is 14.8. The lowest BCUT2D eigenvalue weighted by Crippen LogP contribution is -2.56. The van der Waals surface area contributed by atoms with Crippen molar-refractivity contribution in [3.8, 4) is 0 Å². The number of carbonyl (C=O) groups is 2. The predicted molar refractivity (Wildman–Crippen MR) is 82.0 cm³/mol. The minimum atomic E-state index is -1.24. The van der Waals surface area contributed by atoms with Crippen LogP contribution in [0.25, 0.3) is 0 Å². The number of fused-ring (bicyclic) bond motifs is 5. The Bertz CT molecular complexity index is 530. The van der Waals surface area contributed by atoms with Crippen molar-refractivity contribution in [1.29, 1.82) is 0 Å². The summed E-state index contributed by atoms with van der Waals surface area (Å²) in [5.74, 6) is 1.82. The summed E-state index contributed by atoms with van der Waals surface area (Å²) >= 11 is 0. The number of ketones is 2. The maximum Gasteiger partial charge on any atom is 0.167 e. The second-order valence-corrected chi connectivity index (χ2v) is 8.85. The summed E-state index contributed by atoms with van der Waals surface area (Å²) in [6.07, 6.45) is 5.70. The highest BCUT2D eigenvalue weighted by molar-refractivity contribution is 5.87. The number of rotatable bonds is 0. The SMILES string of the molecule is C[C@]12CCC(=O)[C@@H](F)C1CC[C@@H]1[C@@H]2CC[C@]2(C)C(=O)CC[C@@H]12. The molecule has 4 saturated carbocycles. The highest BCUT2D eigenvalue weighted by Gasteiger charge is 2.61. The zero-order valence-corrected chi connectivity index (χ0v) is 13.7. The molecule has 7 atom stereocenters. The number of carbonyl (C=O) groups excluding carboxylic acids is 2. The van der Waals surface area contributed by atoms with Gasteiger partial charge in [0.05, 0.1) is 0 Å². The predicted octanol–water partition coefficient (Wildman–Crippen LogP) is 4.12. The van der Waals surface area contributed by atoms with E-state index in [4.69, 9.17) is 0 Å². The van der Waals surface area contributed by atoms with Crippen molar-refractivity contribution < 1.29 is 14.0 Å². The van der Waals surface area contributed by atoms with E-state index in [1.165, 1.54) is 0 Å². The van der Waals surface area contributed by atoms with E-state index in [1.807, 2.05) is 0 Å². The molecular weight excluding hydrogens is 279 g/mol. The first-order chi connectivity index (χ1) is 10.4. The Morgan fingerprint density at radius 3 is 2.45 bits per heavy atom. The standard InChI is InChI=1S/C19H27FO2/c1-18-10-8-15(21)17(20)14(18)4-3-11-12-5-6-16(22)19(12,2)9-7-13(11)18/h11-14,17H,3-10H2,1-2H3/t11-,12-,13-,14?,17-,18+,19-/m0/s1. The fraction of sp³-hybridized carbons (Fsp3) is 0.895. The van der Waals surface area contributed by atoms with E-state index in [1.54, 1.807) is 0 Å². The van der Waals surface area contributed by atoms with Crippen LogP contribution in [0.2, 0.25) is 0 Å². The van der Waals surface area contributed by atoms with Crippen molar-refractivity contribution in [2.75, 3.05) is 0 Å². The van der Waals surface area contributed by atoms with E-state index >= 15 is 0 Å². The Morgan fingerprint density at radius 2 is 1.68 bits per heavy atom. The highest BCUT2D eigenvalue weighted by atomic mass is 19.1. The number of Topliss-reactive ketones (excluding diaryl/α,β-unsaturated/α-hetero) is 2. The van der Waals surface area contributed by atoms with Crippen LogP contribution in [0, 0.1) is 34.5 Å². The van der Waals surface area contributed by atoms with Gasteiger partial charge in [-0.1, -0.05) is 13.8 Å². The topological polar surface area (TPSA) is 34.1 Å². The Labute approximate surface area is 132 Å². The molecule has 0 aromatic heterocycles. The monoisotopic (exact) mass is 306 g/mol. The van der Waals surface area contributed by atoms with Crippen molar-refractivity contribution >= 4 is 11.6 Å². The molecule has 4 fully saturated rings. The van der Waals surface area contributed by atoms with Gasteiger partial charge in [-0.05, 0) is 61.7 Å². The van der Waals surface area contributed by atoms with Gasteiger partial charge in [0.1, 0.15) is 5.78 Å². The Kier molecular flexibility index (Phi) is 3.13. The van der Waals surface area contributed by atoms with E-state index in [9.17, 15) is 14.0 Å². The summed E-state index contributed by atoms with van der Waals surface area (Å²) in [4.78, 5) is 24.2. The van der Waals surface area contributed by atoms with E-state index in [2.05, 4.69) is 13.8 Å². The van der Waals surface area contributed by atoms with Crippen LogP contribution in [0.1, 0.15) is 65.2 Å². The smallest absolute Gasteiger partial charge is 0.167 e. The second kappa shape index (κ2) is 4.64. The summed E-state index contributed by atoms with van der Waals surface area (Å²) in [5.41, 5.74) is -0.132. The molecule has 2 nitrogen and oxygen atoms in total. The van der Waals surface area contributed by atoms with Crippen LogP contribution in [-0.4, -0.2) is 17.7 Å². The zero-order valence-electron chi connectivity index (χ0n) is 13.7. The van der Waals surface area contributed by atoms with Crippen molar-refractivity contribution in [3.05, 3.63) is 0 Å². The molecule has 0 amide bonds. The lowest BCUT2D eigenvalue weighted by Gasteiger charge is -2.59. The zero-order chi connectivity index (χ0) is 15.7. The third kappa shape index (κ3) is 1.71. The summed E-state index contributed by atoms with van der Waals surface area (Å²) in [5, 5.41) is 0. The van der Waals surface area contributed by atoms with Gasteiger partial charge in [0.15, 0.2) is 12.0 Å². The van der Waals surface area contributed by atoms with Gasteiger partial charge in [0.2, 0.25) is 0 Å². The third-order valence-electron chi connectivity index (χ3n) is 8.22. The molecule has 3 heteroatoms. The molecule has 0 heterocycles. The van der Waals surface area contributed by atoms with Gasteiger partial charge < -0.3 is 0 Å². The highest BCUT2D eigenvalue weighted by Crippen LogP contribution is 2.65. The van der Waals surface area contributed by atoms with Gasteiger partial charge in [-0.25, -0.2) is 4.39 Å². The quantitative estimate of drug-likeness (QED) is 0.675. The fourth-order valence-corrected chi connectivity index (χ4v) is 6.86. The van der Waals surface area contributed by atoms with Gasteiger partial charge in [-0.3, -0.25) is 9.59 Å². The molecule has 0 aromatic carbocycles. The summed E-state index contributed by atoms with van der Waals surface area (Å²) in [7, 11) is 0. The summed E-state index contributed by atoms with van der Waals surface area (Å²) in [6.45, 7) is 4.42. The van der Waals surface area contributed by atoms with Crippen molar-refractivity contribution in [2.45, 2.75) is 71.4 Å². The Morgan fingerprint density at radius 1 is 0.909 bits per heavy atom. The summed E-state index contributed by atoms with van der Waals surface area (Å²) < 4.78 is 14.5. The molecule has 0 saturated heterocycles. The van der Waals surface area contributed by atoms with E-state index in [-0.39, 0.29) is 22.5 Å². The maximum absolute atomic E-state index is 14.5. The first-order valence-corrected chi connectivity index (χ1v) is 9.08. The minimum Gasteiger partial charge on any atom is -0.299 e. The van der Waals surface area contributed by atoms with Crippen LogP contribution in [-0.2, 0) is 9.59 Å². The van der Waals surface area contributed by atoms with Crippen LogP contribution >= 0.6 is 0 Å². The molecule has 1 unspecified atom stereocenters. The minimum absolute atomic E-state index is 0.0246. The van der Waals surface area contributed by atoms with E-state index in [0.717, 1.165) is 44.9 Å². The molecule has 4 aliphatic rings. The van der Waals surface area contributed by atoms with Crippen LogP contribution in [0.4, 0.5) is 4.39 Å². The van der Waals surface area contributed by atoms with Crippen LogP contribution in [0.3, 0.4) is 0 Å². The van der Waals surface area contributed by atoms with Gasteiger partial charge >= 0.3 is 0 Å².